The fourth-order valence-corrected chi connectivity index (χ4v) is 3.23. The first kappa shape index (κ1) is 17.0. The highest BCUT2D eigenvalue weighted by molar-refractivity contribution is 7.14. The van der Waals surface area contributed by atoms with E-state index in [1.54, 1.807) is 18.5 Å². The zero-order valence-electron chi connectivity index (χ0n) is 13.6. The summed E-state index contributed by atoms with van der Waals surface area (Å²) in [6.45, 7) is 2.20. The minimum absolute atomic E-state index is 0.104. The van der Waals surface area contributed by atoms with Crippen LogP contribution in [0.3, 0.4) is 0 Å². The van der Waals surface area contributed by atoms with Gasteiger partial charge in [-0.25, -0.2) is 14.7 Å². The topological polar surface area (TPSA) is 104 Å². The average Bonchev–Trinajstić information content (AvgIpc) is 3.12. The van der Waals surface area contributed by atoms with E-state index in [2.05, 4.69) is 20.6 Å². The summed E-state index contributed by atoms with van der Waals surface area (Å²) in [6, 6.07) is 4.16. The Labute approximate surface area is 148 Å². The maximum Gasteiger partial charge on any atom is 0.331 e. The summed E-state index contributed by atoms with van der Waals surface area (Å²) in [6.07, 6.45) is 2.19. The highest BCUT2D eigenvalue weighted by atomic mass is 32.1. The van der Waals surface area contributed by atoms with Crippen LogP contribution in [0.4, 0.5) is 9.93 Å². The van der Waals surface area contributed by atoms with Crippen molar-refractivity contribution < 1.29 is 14.4 Å². The van der Waals surface area contributed by atoms with Crippen molar-refractivity contribution >= 4 is 34.3 Å². The van der Waals surface area contributed by atoms with Gasteiger partial charge in [0.25, 0.3) is 5.91 Å². The van der Waals surface area contributed by atoms with Crippen molar-refractivity contribution in [3.63, 3.8) is 0 Å². The number of nitrogens with zero attached hydrogens (tertiary/aromatic N) is 3. The predicted octanol–water partition coefficient (Wildman–Crippen LogP) is 1.02. The predicted molar refractivity (Wildman–Crippen MR) is 92.2 cm³/mol. The van der Waals surface area contributed by atoms with Gasteiger partial charge in [-0.1, -0.05) is 6.07 Å². The number of anilines is 1. The van der Waals surface area contributed by atoms with Gasteiger partial charge in [-0.3, -0.25) is 14.6 Å². The van der Waals surface area contributed by atoms with E-state index in [-0.39, 0.29) is 12.3 Å². The number of carbonyl (C=O) groups excluding carboxylic acids is 3. The Morgan fingerprint density at radius 3 is 2.92 bits per heavy atom. The van der Waals surface area contributed by atoms with E-state index in [1.165, 1.54) is 11.3 Å². The summed E-state index contributed by atoms with van der Waals surface area (Å²) in [5.74, 6) is -0.758. The van der Waals surface area contributed by atoms with Crippen molar-refractivity contribution in [2.75, 3.05) is 11.4 Å². The smallest absolute Gasteiger partial charge is 0.331 e. The third-order valence-corrected chi connectivity index (χ3v) is 4.58. The third-order valence-electron chi connectivity index (χ3n) is 3.64. The maximum absolute atomic E-state index is 12.4. The molecule has 1 aliphatic rings. The van der Waals surface area contributed by atoms with Gasteiger partial charge in [0.1, 0.15) is 6.04 Å². The molecule has 130 valence electrons. The van der Waals surface area contributed by atoms with Crippen LogP contribution in [0.2, 0.25) is 0 Å². The van der Waals surface area contributed by atoms with Crippen LogP contribution >= 0.6 is 11.3 Å². The fraction of sp³-hybridized carbons (Fsp3) is 0.312. The second-order valence-electron chi connectivity index (χ2n) is 5.57. The Hall–Kier alpha value is -2.81. The molecule has 9 heteroatoms. The number of amides is 4. The van der Waals surface area contributed by atoms with E-state index >= 15 is 0 Å². The molecule has 2 N–H and O–H groups in total. The average molecular weight is 359 g/mol. The monoisotopic (exact) mass is 359 g/mol. The number of rotatable bonds is 6. The molecule has 2 aromatic heterocycles. The van der Waals surface area contributed by atoms with Crippen LogP contribution < -0.4 is 15.5 Å². The van der Waals surface area contributed by atoms with E-state index in [9.17, 15) is 14.4 Å². The molecule has 0 bridgehead atoms. The van der Waals surface area contributed by atoms with E-state index in [0.717, 1.165) is 16.3 Å². The summed E-state index contributed by atoms with van der Waals surface area (Å²) in [5.41, 5.74) is 1.61. The van der Waals surface area contributed by atoms with Crippen molar-refractivity contribution in [2.45, 2.75) is 25.8 Å². The summed E-state index contributed by atoms with van der Waals surface area (Å²) < 4.78 is 0. The molecule has 0 aromatic carbocycles. The largest absolute Gasteiger partial charge is 0.356 e. The standard InChI is InChI=1S/C16H17N5O3S/c1-10-9-25-16(19-10)21-14(23)12(20-15(21)24)8-13(22)18-7-5-11-4-2-3-6-17-11/h2-4,6,9,12H,5,7-8H2,1H3,(H,18,22)(H,20,24)/t12-/m0/s1. The number of thiazole rings is 1. The molecule has 3 rings (SSSR count). The van der Waals surface area contributed by atoms with Gasteiger partial charge in [0, 0.05) is 30.2 Å². The molecule has 1 fully saturated rings. The number of nitrogens with one attached hydrogen (secondary N) is 2. The number of hydrogen-bond donors (Lipinski definition) is 2. The van der Waals surface area contributed by atoms with Crippen LogP contribution in [0.5, 0.6) is 0 Å². The lowest BCUT2D eigenvalue weighted by Gasteiger charge is -2.10. The van der Waals surface area contributed by atoms with E-state index in [4.69, 9.17) is 0 Å². The van der Waals surface area contributed by atoms with Crippen LogP contribution in [0.25, 0.3) is 0 Å². The van der Waals surface area contributed by atoms with Gasteiger partial charge in [0.2, 0.25) is 11.0 Å². The fourth-order valence-electron chi connectivity index (χ4n) is 2.43. The molecule has 0 unspecified atom stereocenters. The molecule has 25 heavy (non-hydrogen) atoms. The number of imide groups is 1. The molecule has 1 aliphatic heterocycles. The molecule has 1 atom stereocenters. The lowest BCUT2D eigenvalue weighted by Crippen LogP contribution is -2.37. The van der Waals surface area contributed by atoms with Crippen LogP contribution in [0.15, 0.2) is 29.8 Å². The van der Waals surface area contributed by atoms with Gasteiger partial charge in [-0.15, -0.1) is 11.3 Å². The maximum atomic E-state index is 12.4. The first-order valence-electron chi connectivity index (χ1n) is 7.78. The number of hydrogen-bond acceptors (Lipinski definition) is 6. The van der Waals surface area contributed by atoms with Gasteiger partial charge < -0.3 is 10.6 Å². The number of pyridine rings is 1. The first-order valence-corrected chi connectivity index (χ1v) is 8.66. The Bertz CT molecular complexity index is 792. The molecule has 3 heterocycles. The van der Waals surface area contributed by atoms with Crippen molar-refractivity contribution in [3.05, 3.63) is 41.2 Å². The minimum atomic E-state index is -0.869. The Morgan fingerprint density at radius 2 is 2.24 bits per heavy atom. The third kappa shape index (κ3) is 4.00. The molecule has 0 radical (unpaired) electrons. The van der Waals surface area contributed by atoms with Crippen molar-refractivity contribution in [1.29, 1.82) is 0 Å². The summed E-state index contributed by atoms with van der Waals surface area (Å²) in [7, 11) is 0. The van der Waals surface area contributed by atoms with E-state index in [1.807, 2.05) is 18.2 Å². The summed E-state index contributed by atoms with van der Waals surface area (Å²) >= 11 is 1.21. The Morgan fingerprint density at radius 1 is 1.40 bits per heavy atom. The summed E-state index contributed by atoms with van der Waals surface area (Å²) in [5, 5.41) is 7.34. The number of aromatic nitrogens is 2. The van der Waals surface area contributed by atoms with Gasteiger partial charge in [0.15, 0.2) is 0 Å². The minimum Gasteiger partial charge on any atom is -0.356 e. The van der Waals surface area contributed by atoms with E-state index in [0.29, 0.717) is 18.1 Å². The van der Waals surface area contributed by atoms with Gasteiger partial charge in [0.05, 0.1) is 12.1 Å². The molecule has 8 nitrogen and oxygen atoms in total. The van der Waals surface area contributed by atoms with Crippen LogP contribution in [-0.2, 0) is 16.0 Å². The lowest BCUT2D eigenvalue weighted by molar-refractivity contribution is -0.125. The molecule has 0 spiro atoms. The second-order valence-corrected chi connectivity index (χ2v) is 6.41. The Kier molecular flexibility index (Phi) is 5.03. The quantitative estimate of drug-likeness (QED) is 0.750. The normalized spacial score (nSPS) is 16.8. The number of urea groups is 1. The second kappa shape index (κ2) is 7.39. The number of aryl methyl sites for hydroxylation is 1. The van der Waals surface area contributed by atoms with Gasteiger partial charge >= 0.3 is 6.03 Å². The van der Waals surface area contributed by atoms with Crippen LogP contribution in [-0.4, -0.2) is 40.4 Å². The molecular formula is C16H17N5O3S. The zero-order valence-corrected chi connectivity index (χ0v) is 14.4. The van der Waals surface area contributed by atoms with Crippen LogP contribution in [0, 0.1) is 6.92 Å². The van der Waals surface area contributed by atoms with E-state index < -0.39 is 18.0 Å². The molecule has 1 saturated heterocycles. The van der Waals surface area contributed by atoms with Crippen LogP contribution in [0.1, 0.15) is 17.8 Å². The molecule has 4 amide bonds. The van der Waals surface area contributed by atoms with Crippen molar-refractivity contribution in [2.24, 2.45) is 0 Å². The zero-order chi connectivity index (χ0) is 17.8. The van der Waals surface area contributed by atoms with Crippen molar-refractivity contribution in [3.8, 4) is 0 Å². The highest BCUT2D eigenvalue weighted by Crippen LogP contribution is 2.24. The summed E-state index contributed by atoms with van der Waals surface area (Å²) in [4.78, 5) is 45.7. The highest BCUT2D eigenvalue weighted by Gasteiger charge is 2.41. The Balaban J connectivity index is 1.52. The number of carbonyl (C=O) groups is 3. The molecule has 0 saturated carbocycles. The molecule has 2 aromatic rings. The molecule has 0 aliphatic carbocycles. The lowest BCUT2D eigenvalue weighted by atomic mass is 10.2. The molecular weight excluding hydrogens is 342 g/mol. The first-order chi connectivity index (χ1) is 12.0. The SMILES string of the molecule is Cc1csc(N2C(=O)N[C@@H](CC(=O)NCCc3ccccn3)C2=O)n1. The van der Waals surface area contributed by atoms with Gasteiger partial charge in [-0.2, -0.15) is 0 Å². The van der Waals surface area contributed by atoms with Gasteiger partial charge in [-0.05, 0) is 19.1 Å². The van der Waals surface area contributed by atoms with Crippen molar-refractivity contribution in [1.82, 2.24) is 20.6 Å².